The molecule has 1 aliphatic heterocycles. The van der Waals surface area contributed by atoms with Crippen LogP contribution in [0.3, 0.4) is 0 Å². The Morgan fingerprint density at radius 3 is 2.53 bits per heavy atom. The number of amides is 1. The van der Waals surface area contributed by atoms with Crippen LogP contribution in [0.1, 0.15) is 28.8 Å². The lowest BCUT2D eigenvalue weighted by molar-refractivity contribution is -0.137. The molecule has 0 atom stereocenters. The minimum Gasteiger partial charge on any atom is -0.465 e. The Bertz CT molecular complexity index is 944. The molecule has 30 heavy (non-hydrogen) atoms. The Balaban J connectivity index is 1.60. The third-order valence-electron chi connectivity index (χ3n) is 4.87. The molecule has 1 aromatic carbocycles. The summed E-state index contributed by atoms with van der Waals surface area (Å²) in [5.74, 6) is -0.700. The standard InChI is InChI=1S/C20H19ClF3N3O3/c1-30-19(29)13-3-2-4-15(9-13)26-18(28)12-5-7-27(8-6-12)17-16(21)10-14(11-25-17)20(22,23)24/h2-4,9-12H,5-8H2,1H3,(H,26,28). The molecule has 6 nitrogen and oxygen atoms in total. The second-order valence-corrected chi connectivity index (χ2v) is 7.26. The fourth-order valence-corrected chi connectivity index (χ4v) is 3.54. The number of carbonyl (C=O) groups is 2. The van der Waals surface area contributed by atoms with Gasteiger partial charge in [0.05, 0.1) is 23.3 Å². The van der Waals surface area contributed by atoms with Gasteiger partial charge in [0, 0.05) is 30.9 Å². The van der Waals surface area contributed by atoms with Crippen LogP contribution in [0.2, 0.25) is 5.02 Å². The molecular weight excluding hydrogens is 423 g/mol. The molecule has 1 saturated heterocycles. The number of halogens is 4. The first-order valence-electron chi connectivity index (χ1n) is 9.16. The summed E-state index contributed by atoms with van der Waals surface area (Å²) in [4.78, 5) is 29.8. The fraction of sp³-hybridized carbons (Fsp3) is 0.350. The van der Waals surface area contributed by atoms with Gasteiger partial charge >= 0.3 is 12.1 Å². The summed E-state index contributed by atoms with van der Waals surface area (Å²) in [7, 11) is 1.28. The van der Waals surface area contributed by atoms with Gasteiger partial charge in [0.15, 0.2) is 0 Å². The number of hydrogen-bond acceptors (Lipinski definition) is 5. The average molecular weight is 442 g/mol. The molecule has 0 unspecified atom stereocenters. The molecule has 1 N–H and O–H groups in total. The van der Waals surface area contributed by atoms with Gasteiger partial charge in [0.2, 0.25) is 5.91 Å². The quantitative estimate of drug-likeness (QED) is 0.712. The minimum atomic E-state index is -4.51. The highest BCUT2D eigenvalue weighted by molar-refractivity contribution is 6.33. The number of ether oxygens (including phenoxy) is 1. The maximum atomic E-state index is 12.8. The van der Waals surface area contributed by atoms with Gasteiger partial charge in [-0.25, -0.2) is 9.78 Å². The predicted octanol–water partition coefficient (Wildman–Crippen LogP) is 4.40. The normalized spacial score (nSPS) is 15.0. The Morgan fingerprint density at radius 1 is 1.23 bits per heavy atom. The Hall–Kier alpha value is -2.81. The van der Waals surface area contributed by atoms with Crippen molar-refractivity contribution in [3.05, 3.63) is 52.7 Å². The van der Waals surface area contributed by atoms with Crippen LogP contribution in [-0.2, 0) is 15.7 Å². The van der Waals surface area contributed by atoms with Crippen LogP contribution in [-0.4, -0.2) is 37.1 Å². The second kappa shape index (κ2) is 8.91. The van der Waals surface area contributed by atoms with E-state index in [2.05, 4.69) is 15.0 Å². The molecule has 0 spiro atoms. The number of pyridine rings is 1. The molecule has 0 aliphatic carbocycles. The van der Waals surface area contributed by atoms with Crippen LogP contribution in [0.4, 0.5) is 24.7 Å². The first-order chi connectivity index (χ1) is 14.2. The van der Waals surface area contributed by atoms with Gasteiger partial charge in [-0.05, 0) is 37.1 Å². The van der Waals surface area contributed by atoms with Crippen LogP contribution < -0.4 is 10.2 Å². The molecule has 0 radical (unpaired) electrons. The maximum Gasteiger partial charge on any atom is 0.417 e. The molecule has 0 bridgehead atoms. The molecular formula is C20H19ClF3N3O3. The number of piperidine rings is 1. The second-order valence-electron chi connectivity index (χ2n) is 6.85. The van der Waals surface area contributed by atoms with E-state index in [-0.39, 0.29) is 22.7 Å². The van der Waals surface area contributed by atoms with Gasteiger partial charge < -0.3 is 15.0 Å². The van der Waals surface area contributed by atoms with Gasteiger partial charge in [-0.3, -0.25) is 4.79 Å². The topological polar surface area (TPSA) is 71.5 Å². The Morgan fingerprint density at radius 2 is 1.93 bits per heavy atom. The van der Waals surface area contributed by atoms with Gasteiger partial charge in [-0.15, -0.1) is 0 Å². The van der Waals surface area contributed by atoms with Gasteiger partial charge in [0.25, 0.3) is 0 Å². The van der Waals surface area contributed by atoms with Crippen molar-refractivity contribution in [1.82, 2.24) is 4.98 Å². The first-order valence-corrected chi connectivity index (χ1v) is 9.53. The van der Waals surface area contributed by atoms with Gasteiger partial charge in [-0.1, -0.05) is 17.7 Å². The number of benzene rings is 1. The summed E-state index contributed by atoms with van der Waals surface area (Å²) in [6, 6.07) is 7.29. The van der Waals surface area contributed by atoms with Crippen molar-refractivity contribution in [2.24, 2.45) is 5.92 Å². The molecule has 2 aromatic rings. The van der Waals surface area contributed by atoms with Crippen molar-refractivity contribution in [3.8, 4) is 0 Å². The highest BCUT2D eigenvalue weighted by Gasteiger charge is 2.33. The number of rotatable bonds is 4. The van der Waals surface area contributed by atoms with Gasteiger partial charge in [-0.2, -0.15) is 13.2 Å². The molecule has 160 valence electrons. The summed E-state index contributed by atoms with van der Waals surface area (Å²) in [6.45, 7) is 0.858. The van der Waals surface area contributed by atoms with E-state index in [1.807, 2.05) is 0 Å². The van der Waals surface area contributed by atoms with Crippen LogP contribution in [0.25, 0.3) is 0 Å². The van der Waals surface area contributed by atoms with Crippen LogP contribution in [0.5, 0.6) is 0 Å². The number of aromatic nitrogens is 1. The zero-order valence-electron chi connectivity index (χ0n) is 16.0. The average Bonchev–Trinajstić information content (AvgIpc) is 2.72. The molecule has 3 rings (SSSR count). The summed E-state index contributed by atoms with van der Waals surface area (Å²) < 4.78 is 43.0. The van der Waals surface area contributed by atoms with E-state index in [4.69, 9.17) is 11.6 Å². The lowest BCUT2D eigenvalue weighted by Crippen LogP contribution is -2.38. The highest BCUT2D eigenvalue weighted by Crippen LogP contribution is 2.34. The molecule has 10 heteroatoms. The van der Waals surface area contributed by atoms with Crippen molar-refractivity contribution < 1.29 is 27.5 Å². The number of anilines is 2. The number of hydrogen-bond donors (Lipinski definition) is 1. The van der Waals surface area contributed by atoms with E-state index in [0.717, 1.165) is 12.3 Å². The summed E-state index contributed by atoms with van der Waals surface area (Å²) in [5.41, 5.74) is -0.0920. The fourth-order valence-electron chi connectivity index (χ4n) is 3.26. The number of nitrogens with one attached hydrogen (secondary N) is 1. The molecule has 1 amide bonds. The number of esters is 1. The van der Waals surface area contributed by atoms with E-state index < -0.39 is 17.7 Å². The number of carbonyl (C=O) groups excluding carboxylic acids is 2. The molecule has 2 heterocycles. The molecule has 1 aromatic heterocycles. The number of methoxy groups -OCH3 is 1. The number of nitrogens with zero attached hydrogens (tertiary/aromatic N) is 2. The van der Waals surface area contributed by atoms with Crippen LogP contribution in [0, 0.1) is 5.92 Å². The Kier molecular flexibility index (Phi) is 6.50. The van der Waals surface area contributed by atoms with Crippen LogP contribution >= 0.6 is 11.6 Å². The summed E-state index contributed by atoms with van der Waals surface area (Å²) in [5, 5.41) is 2.71. The summed E-state index contributed by atoms with van der Waals surface area (Å²) >= 11 is 6.01. The van der Waals surface area contributed by atoms with Gasteiger partial charge in [0.1, 0.15) is 5.82 Å². The van der Waals surface area contributed by atoms with Crippen LogP contribution in [0.15, 0.2) is 36.5 Å². The molecule has 1 fully saturated rings. The lowest BCUT2D eigenvalue weighted by Gasteiger charge is -2.32. The van der Waals surface area contributed by atoms with Crippen molar-refractivity contribution in [2.45, 2.75) is 19.0 Å². The van der Waals surface area contributed by atoms with E-state index in [1.54, 1.807) is 23.1 Å². The van der Waals surface area contributed by atoms with E-state index in [1.165, 1.54) is 13.2 Å². The molecule has 1 aliphatic rings. The van der Waals surface area contributed by atoms with E-state index in [9.17, 15) is 22.8 Å². The SMILES string of the molecule is COC(=O)c1cccc(NC(=O)C2CCN(c3ncc(C(F)(F)F)cc3Cl)CC2)c1. The van der Waals surface area contributed by atoms with E-state index in [0.29, 0.717) is 37.2 Å². The van der Waals surface area contributed by atoms with Crippen molar-refractivity contribution in [1.29, 1.82) is 0 Å². The number of alkyl halides is 3. The zero-order chi connectivity index (χ0) is 21.9. The Labute approximate surface area is 176 Å². The largest absolute Gasteiger partial charge is 0.465 e. The molecule has 0 saturated carbocycles. The van der Waals surface area contributed by atoms with Crippen molar-refractivity contribution >= 4 is 35.0 Å². The third kappa shape index (κ3) is 5.02. The third-order valence-corrected chi connectivity index (χ3v) is 5.14. The predicted molar refractivity (Wildman–Crippen MR) is 106 cm³/mol. The van der Waals surface area contributed by atoms with E-state index >= 15 is 0 Å². The first kappa shape index (κ1) is 21.9. The maximum absolute atomic E-state index is 12.8. The summed E-state index contributed by atoms with van der Waals surface area (Å²) in [6.07, 6.45) is -2.77. The van der Waals surface area contributed by atoms with Crippen molar-refractivity contribution in [2.75, 3.05) is 30.4 Å². The highest BCUT2D eigenvalue weighted by atomic mass is 35.5. The zero-order valence-corrected chi connectivity index (χ0v) is 16.8. The smallest absolute Gasteiger partial charge is 0.417 e. The van der Waals surface area contributed by atoms with Crippen molar-refractivity contribution in [3.63, 3.8) is 0 Å². The lowest BCUT2D eigenvalue weighted by atomic mass is 9.95. The minimum absolute atomic E-state index is 0.0765. The monoisotopic (exact) mass is 441 g/mol.